The van der Waals surface area contributed by atoms with Gasteiger partial charge in [-0.05, 0) is 36.6 Å². The maximum atomic E-state index is 12.5. The van der Waals surface area contributed by atoms with Gasteiger partial charge < -0.3 is 5.32 Å². The topological polar surface area (TPSA) is 42.0 Å². The minimum Gasteiger partial charge on any atom is -0.347 e. The van der Waals surface area contributed by atoms with Crippen LogP contribution in [0.3, 0.4) is 0 Å². The summed E-state index contributed by atoms with van der Waals surface area (Å²) in [5, 5.41) is 4.47. The Balaban J connectivity index is 1.73. The first-order valence-corrected chi connectivity index (χ1v) is 9.35. The third-order valence-corrected chi connectivity index (χ3v) is 5.39. The number of hydrogen-bond donors (Lipinski definition) is 1. The van der Waals surface area contributed by atoms with Crippen LogP contribution in [0.15, 0.2) is 48.5 Å². The van der Waals surface area contributed by atoms with E-state index in [0.29, 0.717) is 16.4 Å². The lowest BCUT2D eigenvalue weighted by atomic mass is 10.1. The van der Waals surface area contributed by atoms with Crippen molar-refractivity contribution in [1.29, 1.82) is 0 Å². The Bertz CT molecular complexity index is 887. The van der Waals surface area contributed by atoms with Gasteiger partial charge in [0.05, 0.1) is 5.69 Å². The maximum Gasteiger partial charge on any atom is 0.263 e. The number of aryl methyl sites for hydroxylation is 2. The summed E-state index contributed by atoms with van der Waals surface area (Å²) in [6, 6.07) is 15.8. The monoisotopic (exact) mass is 370 g/mol. The molecule has 0 atom stereocenters. The highest BCUT2D eigenvalue weighted by atomic mass is 35.5. The Hall–Kier alpha value is -2.17. The van der Waals surface area contributed by atoms with Gasteiger partial charge >= 0.3 is 0 Å². The summed E-state index contributed by atoms with van der Waals surface area (Å²) in [5.41, 5.74) is 4.05. The summed E-state index contributed by atoms with van der Waals surface area (Å²) in [4.78, 5) is 17.7. The highest BCUT2D eigenvalue weighted by molar-refractivity contribution is 7.17. The molecule has 1 heterocycles. The minimum atomic E-state index is -0.105. The van der Waals surface area contributed by atoms with E-state index >= 15 is 0 Å². The molecule has 1 aromatic heterocycles. The van der Waals surface area contributed by atoms with Crippen LogP contribution in [0, 0.1) is 6.92 Å². The molecule has 1 amide bonds. The van der Waals surface area contributed by atoms with Crippen LogP contribution in [0.25, 0.3) is 10.6 Å². The van der Waals surface area contributed by atoms with Crippen LogP contribution in [-0.4, -0.2) is 10.9 Å². The van der Waals surface area contributed by atoms with Gasteiger partial charge in [-0.3, -0.25) is 4.79 Å². The zero-order chi connectivity index (χ0) is 17.8. The molecule has 0 radical (unpaired) electrons. The Morgan fingerprint density at radius 3 is 2.60 bits per heavy atom. The van der Waals surface area contributed by atoms with Gasteiger partial charge in [-0.1, -0.05) is 54.9 Å². The Labute approximate surface area is 156 Å². The van der Waals surface area contributed by atoms with Gasteiger partial charge in [0.15, 0.2) is 0 Å². The Morgan fingerprint density at radius 2 is 1.92 bits per heavy atom. The fraction of sp³-hybridized carbons (Fsp3) is 0.200. The summed E-state index contributed by atoms with van der Waals surface area (Å²) in [6.07, 6.45) is 1.01. The molecule has 0 unspecified atom stereocenters. The lowest BCUT2D eigenvalue weighted by Gasteiger charge is -2.04. The van der Waals surface area contributed by atoms with Gasteiger partial charge in [0.25, 0.3) is 5.91 Å². The van der Waals surface area contributed by atoms with Crippen LogP contribution in [0.1, 0.15) is 33.4 Å². The number of nitrogens with zero attached hydrogens (tertiary/aromatic N) is 1. The van der Waals surface area contributed by atoms with Crippen molar-refractivity contribution in [1.82, 2.24) is 10.3 Å². The van der Waals surface area contributed by atoms with Crippen LogP contribution in [0.2, 0.25) is 5.02 Å². The molecular weight excluding hydrogens is 352 g/mol. The summed E-state index contributed by atoms with van der Waals surface area (Å²) in [7, 11) is 0. The SMILES string of the molecule is CCc1ccc(-c2nc(C)c(C(=O)NCc3cccc(Cl)c3)s2)cc1. The van der Waals surface area contributed by atoms with Crippen molar-refractivity contribution < 1.29 is 4.79 Å². The molecule has 2 aromatic carbocycles. The van der Waals surface area contributed by atoms with Gasteiger partial charge in [0.1, 0.15) is 9.88 Å². The molecule has 0 saturated heterocycles. The van der Waals surface area contributed by atoms with E-state index in [-0.39, 0.29) is 5.91 Å². The first kappa shape index (κ1) is 17.6. The smallest absolute Gasteiger partial charge is 0.263 e. The number of benzene rings is 2. The maximum absolute atomic E-state index is 12.5. The van der Waals surface area contributed by atoms with Crippen molar-refractivity contribution >= 4 is 28.8 Å². The van der Waals surface area contributed by atoms with Gasteiger partial charge in [0.2, 0.25) is 0 Å². The molecule has 128 valence electrons. The van der Waals surface area contributed by atoms with Crippen LogP contribution >= 0.6 is 22.9 Å². The van der Waals surface area contributed by atoms with Crippen LogP contribution in [0.4, 0.5) is 0 Å². The molecule has 0 aliphatic carbocycles. The summed E-state index contributed by atoms with van der Waals surface area (Å²) < 4.78 is 0. The first-order valence-electron chi connectivity index (χ1n) is 8.16. The quantitative estimate of drug-likeness (QED) is 0.665. The molecule has 0 spiro atoms. The van der Waals surface area contributed by atoms with Gasteiger partial charge in [0, 0.05) is 17.1 Å². The Kier molecular flexibility index (Phi) is 5.51. The second-order valence-corrected chi connectivity index (χ2v) is 7.23. The predicted molar refractivity (Wildman–Crippen MR) is 104 cm³/mol. The number of hydrogen-bond acceptors (Lipinski definition) is 3. The molecular formula is C20H19ClN2OS. The van der Waals surface area contributed by atoms with Crippen molar-refractivity contribution in [3.8, 4) is 10.6 Å². The van der Waals surface area contributed by atoms with E-state index in [9.17, 15) is 4.79 Å². The fourth-order valence-corrected chi connectivity index (χ4v) is 3.72. The summed E-state index contributed by atoms with van der Waals surface area (Å²) in [5.74, 6) is -0.105. The largest absolute Gasteiger partial charge is 0.347 e. The van der Waals surface area contributed by atoms with Crippen molar-refractivity contribution in [3.05, 3.63) is 75.3 Å². The molecule has 0 aliphatic heterocycles. The van der Waals surface area contributed by atoms with E-state index < -0.39 is 0 Å². The molecule has 3 nitrogen and oxygen atoms in total. The van der Waals surface area contributed by atoms with E-state index in [1.54, 1.807) is 0 Å². The molecule has 1 N–H and O–H groups in total. The lowest BCUT2D eigenvalue weighted by Crippen LogP contribution is -2.22. The highest BCUT2D eigenvalue weighted by Gasteiger charge is 2.16. The number of rotatable bonds is 5. The molecule has 3 rings (SSSR count). The highest BCUT2D eigenvalue weighted by Crippen LogP contribution is 2.28. The number of carbonyl (C=O) groups excluding carboxylic acids is 1. The molecule has 25 heavy (non-hydrogen) atoms. The average Bonchev–Trinajstić information content (AvgIpc) is 3.02. The van der Waals surface area contributed by atoms with E-state index in [2.05, 4.69) is 41.5 Å². The van der Waals surface area contributed by atoms with Gasteiger partial charge in [-0.15, -0.1) is 11.3 Å². The number of aromatic nitrogens is 1. The van der Waals surface area contributed by atoms with Crippen LogP contribution in [0.5, 0.6) is 0 Å². The second-order valence-electron chi connectivity index (χ2n) is 5.80. The zero-order valence-corrected chi connectivity index (χ0v) is 15.7. The van der Waals surface area contributed by atoms with E-state index in [1.807, 2.05) is 31.2 Å². The van der Waals surface area contributed by atoms with Crippen LogP contribution in [-0.2, 0) is 13.0 Å². The summed E-state index contributed by atoms with van der Waals surface area (Å²) >= 11 is 7.40. The van der Waals surface area contributed by atoms with Crippen molar-refractivity contribution in [2.24, 2.45) is 0 Å². The number of thiazole rings is 1. The van der Waals surface area contributed by atoms with E-state index in [1.165, 1.54) is 16.9 Å². The molecule has 0 bridgehead atoms. The van der Waals surface area contributed by atoms with Gasteiger partial charge in [-0.25, -0.2) is 4.98 Å². The third-order valence-electron chi connectivity index (χ3n) is 3.95. The number of halogens is 1. The van der Waals surface area contributed by atoms with Crippen molar-refractivity contribution in [2.45, 2.75) is 26.8 Å². The number of nitrogens with one attached hydrogen (secondary N) is 1. The predicted octanol–water partition coefficient (Wildman–Crippen LogP) is 5.26. The van der Waals surface area contributed by atoms with E-state index in [0.717, 1.165) is 28.2 Å². The third kappa shape index (κ3) is 4.27. The fourth-order valence-electron chi connectivity index (χ4n) is 2.52. The molecule has 0 aliphatic rings. The molecule has 0 fully saturated rings. The van der Waals surface area contributed by atoms with Crippen LogP contribution < -0.4 is 5.32 Å². The second kappa shape index (κ2) is 7.81. The molecule has 5 heteroatoms. The number of amides is 1. The lowest BCUT2D eigenvalue weighted by molar-refractivity contribution is 0.0954. The average molecular weight is 371 g/mol. The minimum absolute atomic E-state index is 0.105. The standard InChI is InChI=1S/C20H19ClN2OS/c1-3-14-7-9-16(10-8-14)20-23-13(2)18(25-20)19(24)22-12-15-5-4-6-17(21)11-15/h4-11H,3,12H2,1-2H3,(H,22,24). The van der Waals surface area contributed by atoms with Crippen molar-refractivity contribution in [2.75, 3.05) is 0 Å². The van der Waals surface area contributed by atoms with E-state index in [4.69, 9.17) is 11.6 Å². The Morgan fingerprint density at radius 1 is 1.16 bits per heavy atom. The normalized spacial score (nSPS) is 10.7. The van der Waals surface area contributed by atoms with Gasteiger partial charge in [-0.2, -0.15) is 0 Å². The first-order chi connectivity index (χ1) is 12.1. The zero-order valence-electron chi connectivity index (χ0n) is 14.2. The molecule has 3 aromatic rings. The summed E-state index contributed by atoms with van der Waals surface area (Å²) in [6.45, 7) is 4.44. The number of carbonyl (C=O) groups is 1. The molecule has 0 saturated carbocycles. The van der Waals surface area contributed by atoms with Crippen molar-refractivity contribution in [3.63, 3.8) is 0 Å².